The molecule has 2 aromatic rings. The topological polar surface area (TPSA) is 81.2 Å². The molecule has 1 saturated heterocycles. The van der Waals surface area contributed by atoms with Crippen LogP contribution in [0.2, 0.25) is 0 Å². The Morgan fingerprint density at radius 2 is 1.90 bits per heavy atom. The van der Waals surface area contributed by atoms with Crippen LogP contribution in [0.15, 0.2) is 24.3 Å². The summed E-state index contributed by atoms with van der Waals surface area (Å²) < 4.78 is 15.5. The molecule has 4 rings (SSSR count). The lowest BCUT2D eigenvalue weighted by Gasteiger charge is -2.36. The number of hydrogen-bond donors (Lipinski definition) is 1. The largest absolute Gasteiger partial charge is 0.369 e. The minimum Gasteiger partial charge on any atom is -0.369 e. The molecule has 0 unspecified atom stereocenters. The molecule has 1 aromatic carbocycles. The van der Waals surface area contributed by atoms with Gasteiger partial charge in [0.1, 0.15) is 17.3 Å². The number of rotatable bonds is 3. The van der Waals surface area contributed by atoms with E-state index in [0.29, 0.717) is 24.5 Å². The van der Waals surface area contributed by atoms with Crippen LogP contribution in [-0.4, -0.2) is 38.9 Å². The molecule has 2 aliphatic heterocycles. The van der Waals surface area contributed by atoms with Crippen molar-refractivity contribution in [3.05, 3.63) is 41.5 Å². The molecular formula is C22H27FN4O2. The van der Waals surface area contributed by atoms with E-state index in [4.69, 9.17) is 10.7 Å². The molecule has 0 bridgehead atoms. The predicted molar refractivity (Wildman–Crippen MR) is 108 cm³/mol. The zero-order chi connectivity index (χ0) is 20.5. The fraction of sp³-hybridized carbons (Fsp3) is 0.500. The molecule has 1 fully saturated rings. The molecule has 1 aromatic heterocycles. The lowest BCUT2D eigenvalue weighted by Crippen LogP contribution is -2.48. The summed E-state index contributed by atoms with van der Waals surface area (Å²) >= 11 is 0. The SMILES string of the molecule is C[C@H]1CC[C@H](C(N)=O)CN1C(=O)c1nc(-c2ccc(F)cc2)n2c1CCCCC2. The molecule has 0 aliphatic carbocycles. The van der Waals surface area contributed by atoms with Crippen LogP contribution in [0.25, 0.3) is 11.4 Å². The number of nitrogens with zero attached hydrogens (tertiary/aromatic N) is 3. The van der Waals surface area contributed by atoms with Gasteiger partial charge < -0.3 is 15.2 Å². The number of carbonyl (C=O) groups excluding carboxylic acids is 2. The number of carbonyl (C=O) groups is 2. The van der Waals surface area contributed by atoms with Crippen molar-refractivity contribution in [2.75, 3.05) is 6.54 Å². The molecule has 29 heavy (non-hydrogen) atoms. The number of aromatic nitrogens is 2. The van der Waals surface area contributed by atoms with Crippen LogP contribution in [0.4, 0.5) is 4.39 Å². The third kappa shape index (κ3) is 3.78. The number of imidazole rings is 1. The van der Waals surface area contributed by atoms with Crippen molar-refractivity contribution in [3.63, 3.8) is 0 Å². The predicted octanol–water partition coefficient (Wildman–Crippen LogP) is 3.14. The number of nitrogens with two attached hydrogens (primary N) is 1. The number of likely N-dealkylation sites (tertiary alicyclic amines) is 1. The number of benzene rings is 1. The fourth-order valence-electron chi connectivity index (χ4n) is 4.47. The van der Waals surface area contributed by atoms with Crippen LogP contribution in [0.3, 0.4) is 0 Å². The van der Waals surface area contributed by atoms with E-state index in [1.54, 1.807) is 17.0 Å². The number of fused-ring (bicyclic) bond motifs is 1. The monoisotopic (exact) mass is 398 g/mol. The first-order valence-electron chi connectivity index (χ1n) is 10.4. The smallest absolute Gasteiger partial charge is 0.274 e. The van der Waals surface area contributed by atoms with Crippen LogP contribution in [0.5, 0.6) is 0 Å². The van der Waals surface area contributed by atoms with Gasteiger partial charge in [-0.2, -0.15) is 0 Å². The first kappa shape index (κ1) is 19.6. The molecule has 2 amide bonds. The van der Waals surface area contributed by atoms with Gasteiger partial charge >= 0.3 is 0 Å². The second kappa shape index (κ2) is 7.97. The first-order valence-corrected chi connectivity index (χ1v) is 10.4. The molecule has 7 heteroatoms. The van der Waals surface area contributed by atoms with Crippen molar-refractivity contribution in [2.45, 2.75) is 58.0 Å². The summed E-state index contributed by atoms with van der Waals surface area (Å²) in [5, 5.41) is 0. The quantitative estimate of drug-likeness (QED) is 0.862. The van der Waals surface area contributed by atoms with Crippen molar-refractivity contribution < 1.29 is 14.0 Å². The summed E-state index contributed by atoms with van der Waals surface area (Å²) in [6, 6.07) is 6.28. The molecule has 2 N–H and O–H groups in total. The van der Waals surface area contributed by atoms with E-state index in [1.807, 2.05) is 6.92 Å². The highest BCUT2D eigenvalue weighted by atomic mass is 19.1. The first-order chi connectivity index (χ1) is 14.0. The lowest BCUT2D eigenvalue weighted by molar-refractivity contribution is -0.123. The normalized spacial score (nSPS) is 22.1. The Morgan fingerprint density at radius 1 is 1.14 bits per heavy atom. The number of primary amides is 1. The minimum absolute atomic E-state index is 0.0375. The minimum atomic E-state index is -0.356. The summed E-state index contributed by atoms with van der Waals surface area (Å²) in [4.78, 5) is 31.7. The van der Waals surface area contributed by atoms with Crippen LogP contribution in [-0.2, 0) is 17.8 Å². The average molecular weight is 398 g/mol. The maximum atomic E-state index is 13.5. The van der Waals surface area contributed by atoms with Crippen molar-refractivity contribution >= 4 is 11.8 Å². The molecule has 3 heterocycles. The molecule has 6 nitrogen and oxygen atoms in total. The highest BCUT2D eigenvalue weighted by molar-refractivity contribution is 5.95. The number of hydrogen-bond acceptors (Lipinski definition) is 3. The van der Waals surface area contributed by atoms with Gasteiger partial charge in [-0.3, -0.25) is 9.59 Å². The van der Waals surface area contributed by atoms with Gasteiger partial charge in [-0.1, -0.05) is 6.42 Å². The summed E-state index contributed by atoms with van der Waals surface area (Å²) in [6.45, 7) is 3.14. The van der Waals surface area contributed by atoms with Gasteiger partial charge in [-0.05, 0) is 63.3 Å². The Labute approximate surface area is 169 Å². The Bertz CT molecular complexity index is 922. The highest BCUT2D eigenvalue weighted by Crippen LogP contribution is 2.30. The molecule has 154 valence electrons. The van der Waals surface area contributed by atoms with Crippen molar-refractivity contribution in [3.8, 4) is 11.4 Å². The Kier molecular flexibility index (Phi) is 5.39. The zero-order valence-corrected chi connectivity index (χ0v) is 16.7. The Morgan fingerprint density at radius 3 is 2.62 bits per heavy atom. The van der Waals surface area contributed by atoms with Crippen LogP contribution >= 0.6 is 0 Å². The van der Waals surface area contributed by atoms with E-state index in [1.165, 1.54) is 12.1 Å². The van der Waals surface area contributed by atoms with Gasteiger partial charge in [0.25, 0.3) is 5.91 Å². The van der Waals surface area contributed by atoms with E-state index in [0.717, 1.165) is 49.9 Å². The molecule has 0 radical (unpaired) electrons. The van der Waals surface area contributed by atoms with Gasteiger partial charge in [-0.15, -0.1) is 0 Å². The van der Waals surface area contributed by atoms with E-state index >= 15 is 0 Å². The number of halogens is 1. The van der Waals surface area contributed by atoms with Crippen molar-refractivity contribution in [1.82, 2.24) is 14.5 Å². The summed E-state index contributed by atoms with van der Waals surface area (Å²) in [5.41, 5.74) is 7.72. The Hall–Kier alpha value is -2.70. The van der Waals surface area contributed by atoms with Crippen LogP contribution in [0, 0.1) is 11.7 Å². The highest BCUT2D eigenvalue weighted by Gasteiger charge is 2.35. The lowest BCUT2D eigenvalue weighted by atomic mass is 9.92. The second-order valence-corrected chi connectivity index (χ2v) is 8.18. The number of piperidine rings is 1. The van der Waals surface area contributed by atoms with Crippen LogP contribution < -0.4 is 5.73 Å². The molecule has 0 saturated carbocycles. The second-order valence-electron chi connectivity index (χ2n) is 8.18. The van der Waals surface area contributed by atoms with Crippen LogP contribution in [0.1, 0.15) is 55.2 Å². The van der Waals surface area contributed by atoms with E-state index in [2.05, 4.69) is 4.57 Å². The van der Waals surface area contributed by atoms with E-state index < -0.39 is 0 Å². The van der Waals surface area contributed by atoms with Gasteiger partial charge in [-0.25, -0.2) is 9.37 Å². The van der Waals surface area contributed by atoms with Crippen molar-refractivity contribution in [2.24, 2.45) is 11.7 Å². The average Bonchev–Trinajstić information content (AvgIpc) is 2.89. The maximum Gasteiger partial charge on any atom is 0.274 e. The standard InChI is InChI=1S/C22H27FN4O2/c1-14-6-7-16(20(24)28)13-27(14)22(29)19-18-5-3-2-4-12-26(18)21(25-19)15-8-10-17(23)11-9-15/h8-11,14,16H,2-7,12-13H2,1H3,(H2,24,28)/t14-,16-/m0/s1. The Balaban J connectivity index is 1.74. The molecular weight excluding hydrogens is 371 g/mol. The van der Waals surface area contributed by atoms with E-state index in [-0.39, 0.29) is 29.6 Å². The van der Waals surface area contributed by atoms with Crippen molar-refractivity contribution in [1.29, 1.82) is 0 Å². The third-order valence-electron chi connectivity index (χ3n) is 6.22. The molecule has 2 atom stereocenters. The summed E-state index contributed by atoms with van der Waals surface area (Å²) in [5.74, 6) is -0.394. The van der Waals surface area contributed by atoms with E-state index in [9.17, 15) is 14.0 Å². The number of amides is 2. The zero-order valence-electron chi connectivity index (χ0n) is 16.7. The summed E-state index contributed by atoms with van der Waals surface area (Å²) in [7, 11) is 0. The van der Waals surface area contributed by atoms with Gasteiger partial charge in [0.05, 0.1) is 11.6 Å². The summed E-state index contributed by atoms with van der Waals surface area (Å²) in [6.07, 6.45) is 5.38. The van der Waals surface area contributed by atoms with Gasteiger partial charge in [0, 0.05) is 24.7 Å². The molecule has 0 spiro atoms. The van der Waals surface area contributed by atoms with Gasteiger partial charge in [0.15, 0.2) is 0 Å². The van der Waals surface area contributed by atoms with Gasteiger partial charge in [0.2, 0.25) is 5.91 Å². The molecule has 2 aliphatic rings. The fourth-order valence-corrected chi connectivity index (χ4v) is 4.47. The third-order valence-corrected chi connectivity index (χ3v) is 6.22. The maximum absolute atomic E-state index is 13.5.